The van der Waals surface area contributed by atoms with Crippen LogP contribution in [0.3, 0.4) is 0 Å². The van der Waals surface area contributed by atoms with Crippen LogP contribution < -0.4 is 0 Å². The van der Waals surface area contributed by atoms with E-state index < -0.39 is 12.1 Å². The average Bonchev–Trinajstić information content (AvgIpc) is 3.17. The molecule has 0 saturated carbocycles. The number of aromatic nitrogens is 1. The first-order chi connectivity index (χ1) is 14.7. The highest BCUT2D eigenvalue weighted by atomic mass is 32.2. The van der Waals surface area contributed by atoms with Crippen molar-refractivity contribution in [1.82, 2.24) is 9.88 Å². The van der Waals surface area contributed by atoms with Gasteiger partial charge in [0.15, 0.2) is 0 Å². The molecule has 4 heterocycles. The number of thioether (sulfide) groups is 1. The fourth-order valence-electron chi connectivity index (χ4n) is 3.76. The maximum Gasteiger partial charge on any atom is 0.490 e. The Balaban J connectivity index is 0.000000339. The highest BCUT2D eigenvalue weighted by Gasteiger charge is 2.51. The molecule has 0 aromatic carbocycles. The molecule has 1 unspecified atom stereocenters. The Bertz CT molecular complexity index is 753. The number of halogens is 3. The van der Waals surface area contributed by atoms with Crippen molar-refractivity contribution in [3.05, 3.63) is 30.1 Å². The van der Waals surface area contributed by atoms with E-state index in [2.05, 4.69) is 4.98 Å². The molecule has 172 valence electrons. The van der Waals surface area contributed by atoms with E-state index in [1.807, 2.05) is 28.8 Å². The van der Waals surface area contributed by atoms with Gasteiger partial charge in [0.1, 0.15) is 5.69 Å². The van der Waals surface area contributed by atoms with Gasteiger partial charge in [-0.05, 0) is 37.3 Å². The summed E-state index contributed by atoms with van der Waals surface area (Å²) < 4.78 is 43.5. The third kappa shape index (κ3) is 6.56. The van der Waals surface area contributed by atoms with Crippen LogP contribution in [-0.2, 0) is 14.3 Å². The minimum Gasteiger partial charge on any atom is -0.475 e. The number of carboxylic acids is 1. The van der Waals surface area contributed by atoms with Crippen LogP contribution in [0.15, 0.2) is 24.4 Å². The van der Waals surface area contributed by atoms with Crippen LogP contribution in [0.5, 0.6) is 0 Å². The minimum absolute atomic E-state index is 0.0494. The summed E-state index contributed by atoms with van der Waals surface area (Å²) in [5.74, 6) is -1.00. The van der Waals surface area contributed by atoms with Crippen molar-refractivity contribution >= 4 is 23.6 Å². The van der Waals surface area contributed by atoms with Crippen molar-refractivity contribution in [1.29, 1.82) is 0 Å². The molecule has 1 atom stereocenters. The SMILES string of the molecule is O=C(O)C(F)(F)F.O=C(c1ccccn1)N1CC2(CC(OCC3CCOCC3)CS2)C1. The molecule has 7 nitrogen and oxygen atoms in total. The lowest BCUT2D eigenvalue weighted by molar-refractivity contribution is -0.192. The lowest BCUT2D eigenvalue weighted by Crippen LogP contribution is -2.60. The molecule has 3 aliphatic heterocycles. The summed E-state index contributed by atoms with van der Waals surface area (Å²) in [5.41, 5.74) is 0.544. The zero-order chi connectivity index (χ0) is 22.5. The fraction of sp³-hybridized carbons (Fsp3) is 0.650. The summed E-state index contributed by atoms with van der Waals surface area (Å²) in [5, 5.41) is 7.12. The zero-order valence-corrected chi connectivity index (χ0v) is 17.7. The summed E-state index contributed by atoms with van der Waals surface area (Å²) in [6.07, 6.45) is 0.236. The molecule has 1 aromatic rings. The van der Waals surface area contributed by atoms with E-state index in [-0.39, 0.29) is 10.7 Å². The van der Waals surface area contributed by atoms with E-state index in [1.165, 1.54) is 0 Å². The summed E-state index contributed by atoms with van der Waals surface area (Å²) in [4.78, 5) is 27.4. The van der Waals surface area contributed by atoms with E-state index in [9.17, 15) is 18.0 Å². The topological polar surface area (TPSA) is 89.0 Å². The van der Waals surface area contributed by atoms with Crippen LogP contribution in [0.1, 0.15) is 29.8 Å². The standard InChI is InChI=1S/C18H24N2O3S.C2HF3O2/c21-17(16-3-1-2-6-19-16)20-12-18(13-20)9-15(11-24-18)23-10-14-4-7-22-8-5-14;3-2(4,5)1(6)7/h1-3,6,14-15H,4-5,7-13H2;(H,6,7). The highest BCUT2D eigenvalue weighted by molar-refractivity contribution is 8.01. The number of carbonyl (C=O) groups excluding carboxylic acids is 1. The first kappa shape index (κ1) is 23.8. The molecule has 0 radical (unpaired) electrons. The second-order valence-corrected chi connectivity index (χ2v) is 9.38. The lowest BCUT2D eigenvalue weighted by Gasteiger charge is -2.47. The van der Waals surface area contributed by atoms with Crippen LogP contribution in [0, 0.1) is 5.92 Å². The molecule has 31 heavy (non-hydrogen) atoms. The Labute approximate surface area is 182 Å². The van der Waals surface area contributed by atoms with Gasteiger partial charge in [0.25, 0.3) is 5.91 Å². The van der Waals surface area contributed by atoms with Crippen LogP contribution in [0.2, 0.25) is 0 Å². The highest BCUT2D eigenvalue weighted by Crippen LogP contribution is 2.46. The van der Waals surface area contributed by atoms with Gasteiger partial charge in [0, 0.05) is 44.9 Å². The van der Waals surface area contributed by atoms with Gasteiger partial charge in [-0.15, -0.1) is 11.8 Å². The van der Waals surface area contributed by atoms with Crippen molar-refractivity contribution in [3.8, 4) is 0 Å². The van der Waals surface area contributed by atoms with Gasteiger partial charge >= 0.3 is 12.1 Å². The normalized spacial score (nSPS) is 23.1. The predicted molar refractivity (Wildman–Crippen MR) is 107 cm³/mol. The van der Waals surface area contributed by atoms with E-state index in [0.29, 0.717) is 17.7 Å². The van der Waals surface area contributed by atoms with Crippen LogP contribution >= 0.6 is 11.8 Å². The number of rotatable bonds is 4. The van der Waals surface area contributed by atoms with Crippen LogP contribution in [-0.4, -0.2) is 82.6 Å². The maximum absolute atomic E-state index is 12.4. The van der Waals surface area contributed by atoms with Gasteiger partial charge in [-0.3, -0.25) is 9.78 Å². The summed E-state index contributed by atoms with van der Waals surface area (Å²) in [6.45, 7) is 4.26. The summed E-state index contributed by atoms with van der Waals surface area (Å²) >= 11 is 1.98. The number of amides is 1. The number of ether oxygens (including phenoxy) is 2. The zero-order valence-electron chi connectivity index (χ0n) is 16.8. The number of pyridine rings is 1. The second-order valence-electron chi connectivity index (χ2n) is 7.89. The Morgan fingerprint density at radius 3 is 2.55 bits per heavy atom. The van der Waals surface area contributed by atoms with E-state index >= 15 is 0 Å². The third-order valence-corrected chi connectivity index (χ3v) is 7.03. The Kier molecular flexibility index (Phi) is 7.82. The first-order valence-corrected chi connectivity index (χ1v) is 11.0. The molecule has 1 amide bonds. The van der Waals surface area contributed by atoms with Crippen molar-refractivity contribution in [2.45, 2.75) is 36.3 Å². The molecule has 1 spiro atoms. The number of hydrogen-bond donors (Lipinski definition) is 1. The van der Waals surface area contributed by atoms with Crippen molar-refractivity contribution in [3.63, 3.8) is 0 Å². The van der Waals surface area contributed by atoms with Gasteiger partial charge in [-0.1, -0.05) is 6.07 Å². The van der Waals surface area contributed by atoms with Gasteiger partial charge < -0.3 is 19.5 Å². The molecular formula is C20H25F3N2O5S. The number of alkyl halides is 3. The molecule has 3 aliphatic rings. The average molecular weight is 462 g/mol. The molecule has 0 bridgehead atoms. The van der Waals surface area contributed by atoms with E-state index in [1.54, 1.807) is 12.3 Å². The van der Waals surface area contributed by atoms with Crippen molar-refractivity contribution in [2.24, 2.45) is 5.92 Å². The molecule has 1 N–H and O–H groups in total. The van der Waals surface area contributed by atoms with E-state index in [4.69, 9.17) is 19.4 Å². The third-order valence-electron chi connectivity index (χ3n) is 5.46. The van der Waals surface area contributed by atoms with Crippen LogP contribution in [0.25, 0.3) is 0 Å². The smallest absolute Gasteiger partial charge is 0.475 e. The Morgan fingerprint density at radius 1 is 1.29 bits per heavy atom. The Hall–Kier alpha value is -1.85. The largest absolute Gasteiger partial charge is 0.490 e. The Morgan fingerprint density at radius 2 is 1.97 bits per heavy atom. The van der Waals surface area contributed by atoms with Gasteiger partial charge in [0.2, 0.25) is 0 Å². The number of likely N-dealkylation sites (tertiary alicyclic amines) is 1. The monoisotopic (exact) mass is 462 g/mol. The molecule has 3 saturated heterocycles. The quantitative estimate of drug-likeness (QED) is 0.736. The van der Waals surface area contributed by atoms with Crippen molar-refractivity contribution < 1.29 is 37.3 Å². The first-order valence-electron chi connectivity index (χ1n) is 10.0. The van der Waals surface area contributed by atoms with E-state index in [0.717, 1.165) is 57.9 Å². The van der Waals surface area contributed by atoms with Crippen molar-refractivity contribution in [2.75, 3.05) is 38.7 Å². The summed E-state index contributed by atoms with van der Waals surface area (Å²) in [7, 11) is 0. The number of carbonyl (C=O) groups is 2. The fourth-order valence-corrected chi connectivity index (χ4v) is 5.31. The predicted octanol–water partition coefficient (Wildman–Crippen LogP) is 2.86. The number of hydrogen-bond acceptors (Lipinski definition) is 6. The summed E-state index contributed by atoms with van der Waals surface area (Å²) in [6, 6.07) is 5.48. The molecule has 0 aliphatic carbocycles. The van der Waals surface area contributed by atoms with Gasteiger partial charge in [-0.2, -0.15) is 13.2 Å². The second kappa shape index (κ2) is 10.2. The molecule has 11 heteroatoms. The number of aliphatic carboxylic acids is 1. The molecule has 1 aromatic heterocycles. The minimum atomic E-state index is -5.08. The van der Waals surface area contributed by atoms with Gasteiger partial charge in [-0.25, -0.2) is 4.79 Å². The molecular weight excluding hydrogens is 437 g/mol. The number of carboxylic acid groups (broad SMARTS) is 1. The maximum atomic E-state index is 12.4. The molecule has 4 rings (SSSR count). The number of nitrogens with zero attached hydrogens (tertiary/aromatic N) is 2. The van der Waals surface area contributed by atoms with Gasteiger partial charge in [0.05, 0.1) is 10.9 Å². The van der Waals surface area contributed by atoms with Crippen LogP contribution in [0.4, 0.5) is 13.2 Å². The molecule has 3 fully saturated rings. The lowest BCUT2D eigenvalue weighted by atomic mass is 9.92.